The van der Waals surface area contributed by atoms with Gasteiger partial charge in [0.05, 0.1) is 14.2 Å². The Morgan fingerprint density at radius 3 is 2.50 bits per heavy atom. The van der Waals surface area contributed by atoms with Crippen LogP contribution in [0.25, 0.3) is 0 Å². The second kappa shape index (κ2) is 8.24. The van der Waals surface area contributed by atoms with Gasteiger partial charge in [-0.3, -0.25) is 4.79 Å². The van der Waals surface area contributed by atoms with Crippen LogP contribution in [0.3, 0.4) is 0 Å². The number of nitrogens with one attached hydrogen (secondary N) is 1. The molecule has 0 atom stereocenters. The minimum atomic E-state index is -0.186. The van der Waals surface area contributed by atoms with Crippen molar-refractivity contribution in [2.75, 3.05) is 20.8 Å². The van der Waals surface area contributed by atoms with Crippen molar-refractivity contribution in [2.45, 2.75) is 20.4 Å². The summed E-state index contributed by atoms with van der Waals surface area (Å²) in [7, 11) is 3.19. The molecule has 128 valence electrons. The molecule has 0 heterocycles. The van der Waals surface area contributed by atoms with Crippen molar-refractivity contribution in [3.05, 3.63) is 53.1 Å². The summed E-state index contributed by atoms with van der Waals surface area (Å²) >= 11 is 0. The van der Waals surface area contributed by atoms with Crippen LogP contribution in [0, 0.1) is 13.8 Å². The van der Waals surface area contributed by atoms with Gasteiger partial charge in [0.1, 0.15) is 17.2 Å². The van der Waals surface area contributed by atoms with Gasteiger partial charge >= 0.3 is 0 Å². The summed E-state index contributed by atoms with van der Waals surface area (Å²) in [5.41, 5.74) is 2.97. The summed E-state index contributed by atoms with van der Waals surface area (Å²) in [6.07, 6.45) is 0. The Kier molecular flexibility index (Phi) is 6.07. The number of aryl methyl sites for hydroxylation is 2. The average Bonchev–Trinajstić information content (AvgIpc) is 2.60. The van der Waals surface area contributed by atoms with Crippen molar-refractivity contribution in [1.29, 1.82) is 0 Å². The number of benzene rings is 2. The maximum absolute atomic E-state index is 12.0. The standard InChI is InChI=1S/C19H23NO4/c1-13-5-6-14(2)17(9-13)24-12-19(21)20-11-15-7-8-16(22-3)10-18(15)23-4/h5-10H,11-12H2,1-4H3,(H,20,21). The first-order chi connectivity index (χ1) is 11.5. The minimum absolute atomic E-state index is 0.0250. The molecule has 24 heavy (non-hydrogen) atoms. The van der Waals surface area contributed by atoms with Gasteiger partial charge in [-0.05, 0) is 43.2 Å². The van der Waals surface area contributed by atoms with Crippen LogP contribution in [0.15, 0.2) is 36.4 Å². The van der Waals surface area contributed by atoms with E-state index < -0.39 is 0 Å². The summed E-state index contributed by atoms with van der Waals surface area (Å²) in [6.45, 7) is 4.28. The fraction of sp³-hybridized carbons (Fsp3) is 0.316. The van der Waals surface area contributed by atoms with Crippen molar-refractivity contribution in [3.8, 4) is 17.2 Å². The van der Waals surface area contributed by atoms with Crippen LogP contribution < -0.4 is 19.5 Å². The van der Waals surface area contributed by atoms with Gasteiger partial charge in [-0.15, -0.1) is 0 Å². The summed E-state index contributed by atoms with van der Waals surface area (Å²) in [5, 5.41) is 2.83. The Bertz CT molecular complexity index is 713. The Morgan fingerprint density at radius 2 is 1.79 bits per heavy atom. The van der Waals surface area contributed by atoms with Gasteiger partial charge < -0.3 is 19.5 Å². The molecule has 0 aliphatic heterocycles. The van der Waals surface area contributed by atoms with Gasteiger partial charge in [0.25, 0.3) is 5.91 Å². The van der Waals surface area contributed by atoms with Gasteiger partial charge in [0.2, 0.25) is 0 Å². The molecule has 5 nitrogen and oxygen atoms in total. The number of hydrogen-bond donors (Lipinski definition) is 1. The molecule has 2 aromatic carbocycles. The Labute approximate surface area is 142 Å². The lowest BCUT2D eigenvalue weighted by molar-refractivity contribution is -0.123. The van der Waals surface area contributed by atoms with E-state index >= 15 is 0 Å². The van der Waals surface area contributed by atoms with Crippen molar-refractivity contribution >= 4 is 5.91 Å². The number of hydrogen-bond acceptors (Lipinski definition) is 4. The Hall–Kier alpha value is -2.69. The van der Waals surface area contributed by atoms with E-state index in [4.69, 9.17) is 14.2 Å². The first-order valence-electron chi connectivity index (χ1n) is 7.71. The molecule has 1 N–H and O–H groups in total. The Morgan fingerprint density at radius 1 is 1.00 bits per heavy atom. The second-order valence-corrected chi connectivity index (χ2v) is 5.51. The van der Waals surface area contributed by atoms with E-state index in [1.165, 1.54) is 0 Å². The van der Waals surface area contributed by atoms with Crippen molar-refractivity contribution in [1.82, 2.24) is 5.32 Å². The largest absolute Gasteiger partial charge is 0.497 e. The third kappa shape index (κ3) is 4.65. The third-order valence-corrected chi connectivity index (χ3v) is 3.67. The zero-order valence-electron chi connectivity index (χ0n) is 14.5. The van der Waals surface area contributed by atoms with Crippen molar-refractivity contribution in [2.24, 2.45) is 0 Å². The van der Waals surface area contributed by atoms with E-state index in [9.17, 15) is 4.79 Å². The number of methoxy groups -OCH3 is 2. The molecular weight excluding hydrogens is 306 g/mol. The highest BCUT2D eigenvalue weighted by molar-refractivity contribution is 5.77. The number of carbonyl (C=O) groups excluding carboxylic acids is 1. The molecule has 0 aliphatic carbocycles. The third-order valence-electron chi connectivity index (χ3n) is 3.67. The Balaban J connectivity index is 1.90. The molecule has 0 aromatic heterocycles. The SMILES string of the molecule is COc1ccc(CNC(=O)COc2cc(C)ccc2C)c(OC)c1. The van der Waals surface area contributed by atoms with Crippen LogP contribution in [0.5, 0.6) is 17.2 Å². The fourth-order valence-corrected chi connectivity index (χ4v) is 2.25. The molecule has 0 radical (unpaired) electrons. The predicted molar refractivity (Wildman–Crippen MR) is 92.8 cm³/mol. The molecule has 0 aliphatic rings. The van der Waals surface area contributed by atoms with Crippen LogP contribution in [0.4, 0.5) is 0 Å². The first kappa shape index (κ1) is 17.7. The lowest BCUT2D eigenvalue weighted by Gasteiger charge is -2.12. The zero-order chi connectivity index (χ0) is 17.5. The number of rotatable bonds is 7. The smallest absolute Gasteiger partial charge is 0.258 e. The summed E-state index contributed by atoms with van der Waals surface area (Å²) in [5.74, 6) is 1.92. The van der Waals surface area contributed by atoms with E-state index in [2.05, 4.69) is 5.32 Å². The molecule has 0 saturated carbocycles. The van der Waals surface area contributed by atoms with Crippen LogP contribution >= 0.6 is 0 Å². The molecule has 0 bridgehead atoms. The predicted octanol–water partition coefficient (Wildman–Crippen LogP) is 3.02. The molecule has 0 fully saturated rings. The van der Waals surface area contributed by atoms with Crippen molar-refractivity contribution < 1.29 is 19.0 Å². The van der Waals surface area contributed by atoms with Gasteiger partial charge in [0.15, 0.2) is 6.61 Å². The van der Waals surface area contributed by atoms with Gasteiger partial charge in [-0.25, -0.2) is 0 Å². The maximum atomic E-state index is 12.0. The monoisotopic (exact) mass is 329 g/mol. The first-order valence-corrected chi connectivity index (χ1v) is 7.71. The number of ether oxygens (including phenoxy) is 3. The minimum Gasteiger partial charge on any atom is -0.497 e. The number of amides is 1. The molecule has 0 spiro atoms. The van der Waals surface area contributed by atoms with Gasteiger partial charge in [0, 0.05) is 18.2 Å². The zero-order valence-corrected chi connectivity index (χ0v) is 14.5. The van der Waals surface area contributed by atoms with E-state index in [0.29, 0.717) is 18.0 Å². The summed E-state index contributed by atoms with van der Waals surface area (Å²) in [6, 6.07) is 11.4. The molecule has 2 aromatic rings. The summed E-state index contributed by atoms with van der Waals surface area (Å²) < 4.78 is 16.1. The normalized spacial score (nSPS) is 10.2. The highest BCUT2D eigenvalue weighted by atomic mass is 16.5. The fourth-order valence-electron chi connectivity index (χ4n) is 2.25. The van der Waals surface area contributed by atoms with Crippen LogP contribution in [-0.2, 0) is 11.3 Å². The lowest BCUT2D eigenvalue weighted by Crippen LogP contribution is -2.28. The van der Waals surface area contributed by atoms with Crippen LogP contribution in [-0.4, -0.2) is 26.7 Å². The number of carbonyl (C=O) groups is 1. The summed E-state index contributed by atoms with van der Waals surface area (Å²) in [4.78, 5) is 12.0. The molecule has 5 heteroatoms. The van der Waals surface area contributed by atoms with E-state index in [1.54, 1.807) is 20.3 Å². The average molecular weight is 329 g/mol. The topological polar surface area (TPSA) is 56.8 Å². The molecule has 2 rings (SSSR count). The van der Waals surface area contributed by atoms with E-state index in [-0.39, 0.29) is 12.5 Å². The quantitative estimate of drug-likeness (QED) is 0.848. The highest BCUT2D eigenvalue weighted by Crippen LogP contribution is 2.24. The highest BCUT2D eigenvalue weighted by Gasteiger charge is 2.08. The molecular formula is C19H23NO4. The van der Waals surface area contributed by atoms with Gasteiger partial charge in [-0.2, -0.15) is 0 Å². The van der Waals surface area contributed by atoms with Crippen molar-refractivity contribution in [3.63, 3.8) is 0 Å². The second-order valence-electron chi connectivity index (χ2n) is 5.51. The maximum Gasteiger partial charge on any atom is 0.258 e. The van der Waals surface area contributed by atoms with Crippen LogP contribution in [0.1, 0.15) is 16.7 Å². The van der Waals surface area contributed by atoms with Gasteiger partial charge in [-0.1, -0.05) is 12.1 Å². The lowest BCUT2D eigenvalue weighted by atomic mass is 10.1. The van der Waals surface area contributed by atoms with E-state index in [0.717, 1.165) is 22.4 Å². The molecule has 1 amide bonds. The molecule has 0 unspecified atom stereocenters. The molecule has 0 saturated heterocycles. The van der Waals surface area contributed by atoms with E-state index in [1.807, 2.05) is 44.2 Å². The van der Waals surface area contributed by atoms with Crippen LogP contribution in [0.2, 0.25) is 0 Å².